The fraction of sp³-hybridized carbons (Fsp3) is 0.154. The predicted octanol–water partition coefficient (Wildman–Crippen LogP) is 1.24. The van der Waals surface area contributed by atoms with Gasteiger partial charge in [0.2, 0.25) is 5.91 Å². The van der Waals surface area contributed by atoms with Crippen LogP contribution in [0.2, 0.25) is 0 Å². The van der Waals surface area contributed by atoms with Gasteiger partial charge in [0.25, 0.3) is 0 Å². The zero-order valence-electron chi connectivity index (χ0n) is 10.4. The van der Waals surface area contributed by atoms with Crippen LogP contribution >= 0.6 is 0 Å². The van der Waals surface area contributed by atoms with Crippen molar-refractivity contribution in [1.82, 2.24) is 10.2 Å². The van der Waals surface area contributed by atoms with Crippen LogP contribution in [0.1, 0.15) is 22.5 Å². The average molecular weight is 272 g/mol. The van der Waals surface area contributed by atoms with Crippen LogP contribution in [0.25, 0.3) is 11.1 Å². The quantitative estimate of drug-likeness (QED) is 0.655. The molecular formula is C13H12N4O3. The van der Waals surface area contributed by atoms with Gasteiger partial charge in [-0.15, -0.1) is 0 Å². The van der Waals surface area contributed by atoms with Crippen LogP contribution < -0.4 is 11.1 Å². The fourth-order valence-corrected chi connectivity index (χ4v) is 2.34. The largest absolute Gasteiger partial charge is 0.477 e. The number of hydrogen-bond donors (Lipinski definition) is 4. The highest BCUT2D eigenvalue weighted by Gasteiger charge is 2.21. The number of rotatable bonds is 2. The number of nitrogens with zero attached hydrogens (tertiary/aromatic N) is 1. The zero-order valence-corrected chi connectivity index (χ0v) is 10.4. The maximum absolute atomic E-state index is 11.3. The second-order valence-corrected chi connectivity index (χ2v) is 4.58. The molecule has 0 radical (unpaired) electrons. The number of nitrogen functional groups attached to an aromatic ring is 1. The van der Waals surface area contributed by atoms with Gasteiger partial charge in [0.1, 0.15) is 0 Å². The first-order valence-electron chi connectivity index (χ1n) is 6.06. The van der Waals surface area contributed by atoms with E-state index in [2.05, 4.69) is 15.5 Å². The molecule has 0 spiro atoms. The van der Waals surface area contributed by atoms with Crippen molar-refractivity contribution in [1.29, 1.82) is 0 Å². The van der Waals surface area contributed by atoms with E-state index >= 15 is 0 Å². The molecule has 0 saturated heterocycles. The summed E-state index contributed by atoms with van der Waals surface area (Å²) >= 11 is 0. The zero-order chi connectivity index (χ0) is 14.3. The summed E-state index contributed by atoms with van der Waals surface area (Å²) in [5.41, 5.74) is 8.45. The number of nitrogens with two attached hydrogens (primary N) is 1. The summed E-state index contributed by atoms with van der Waals surface area (Å²) in [4.78, 5) is 22.5. The number of fused-ring (bicyclic) bond motifs is 1. The smallest absolute Gasteiger partial charge is 0.354 e. The van der Waals surface area contributed by atoms with Crippen molar-refractivity contribution in [3.05, 3.63) is 29.5 Å². The van der Waals surface area contributed by atoms with Crippen LogP contribution in [-0.4, -0.2) is 27.2 Å². The second-order valence-electron chi connectivity index (χ2n) is 4.58. The normalized spacial score (nSPS) is 13.7. The summed E-state index contributed by atoms with van der Waals surface area (Å²) in [5.74, 6) is -0.989. The van der Waals surface area contributed by atoms with E-state index in [1.165, 1.54) is 0 Å². The van der Waals surface area contributed by atoms with Crippen LogP contribution in [0.4, 0.5) is 11.5 Å². The molecule has 3 rings (SSSR count). The summed E-state index contributed by atoms with van der Waals surface area (Å²) in [7, 11) is 0. The van der Waals surface area contributed by atoms with E-state index in [1.807, 2.05) is 6.07 Å². The minimum atomic E-state index is -1.12. The predicted molar refractivity (Wildman–Crippen MR) is 72.3 cm³/mol. The van der Waals surface area contributed by atoms with Gasteiger partial charge in [0.05, 0.1) is 5.56 Å². The summed E-state index contributed by atoms with van der Waals surface area (Å²) < 4.78 is 0. The number of hydrogen-bond acceptors (Lipinski definition) is 4. The van der Waals surface area contributed by atoms with Crippen LogP contribution in [0.5, 0.6) is 0 Å². The Hall–Kier alpha value is -2.83. The van der Waals surface area contributed by atoms with Crippen molar-refractivity contribution < 1.29 is 14.7 Å². The van der Waals surface area contributed by atoms with Crippen molar-refractivity contribution in [3.63, 3.8) is 0 Å². The molecule has 0 fully saturated rings. The first kappa shape index (κ1) is 12.2. The monoisotopic (exact) mass is 272 g/mol. The molecule has 1 aromatic carbocycles. The molecule has 0 unspecified atom stereocenters. The van der Waals surface area contributed by atoms with Crippen molar-refractivity contribution >= 4 is 23.4 Å². The van der Waals surface area contributed by atoms with Crippen molar-refractivity contribution in [2.45, 2.75) is 12.8 Å². The molecule has 20 heavy (non-hydrogen) atoms. The van der Waals surface area contributed by atoms with Gasteiger partial charge in [0.15, 0.2) is 11.5 Å². The number of H-pyrrole nitrogens is 1. The maximum Gasteiger partial charge on any atom is 0.354 e. The number of nitrogens with one attached hydrogen (secondary N) is 2. The maximum atomic E-state index is 11.3. The van der Waals surface area contributed by atoms with E-state index in [-0.39, 0.29) is 17.4 Å². The third-order valence-corrected chi connectivity index (χ3v) is 3.30. The van der Waals surface area contributed by atoms with Crippen LogP contribution in [0.3, 0.4) is 0 Å². The van der Waals surface area contributed by atoms with Crippen molar-refractivity contribution in [2.24, 2.45) is 0 Å². The van der Waals surface area contributed by atoms with Gasteiger partial charge in [-0.3, -0.25) is 9.89 Å². The lowest BCUT2D eigenvalue weighted by Crippen LogP contribution is -2.18. The average Bonchev–Trinajstić information content (AvgIpc) is 2.80. The number of anilines is 2. The Labute approximate surface area is 113 Å². The number of aromatic nitrogens is 2. The van der Waals surface area contributed by atoms with Gasteiger partial charge < -0.3 is 16.2 Å². The molecule has 1 aromatic heterocycles. The third-order valence-electron chi connectivity index (χ3n) is 3.30. The first-order chi connectivity index (χ1) is 9.56. The van der Waals surface area contributed by atoms with Crippen LogP contribution in [-0.2, 0) is 11.2 Å². The summed E-state index contributed by atoms with van der Waals surface area (Å²) in [6.45, 7) is 0. The Balaban J connectivity index is 2.10. The highest BCUT2D eigenvalue weighted by Crippen LogP contribution is 2.32. The van der Waals surface area contributed by atoms with E-state index in [4.69, 9.17) is 10.8 Å². The number of carboxylic acids is 1. The Kier molecular flexibility index (Phi) is 2.67. The first-order valence-corrected chi connectivity index (χ1v) is 6.06. The molecule has 2 aromatic rings. The molecule has 5 N–H and O–H groups in total. The van der Waals surface area contributed by atoms with E-state index in [0.717, 1.165) is 11.3 Å². The molecular weight excluding hydrogens is 260 g/mol. The number of aromatic carboxylic acids is 1. The lowest BCUT2D eigenvalue weighted by atomic mass is 9.97. The molecule has 0 aliphatic carbocycles. The van der Waals surface area contributed by atoms with Gasteiger partial charge in [-0.25, -0.2) is 4.79 Å². The molecule has 7 nitrogen and oxygen atoms in total. The molecule has 1 aliphatic heterocycles. The molecule has 1 amide bonds. The number of benzene rings is 1. The van der Waals surface area contributed by atoms with Crippen LogP contribution in [0.15, 0.2) is 18.2 Å². The SMILES string of the molecule is Nc1n[nH]c(C(=O)O)c1-c1ccc2c(c1)CCC(=O)N2. The van der Waals surface area contributed by atoms with Gasteiger partial charge in [-0.05, 0) is 29.7 Å². The molecule has 7 heteroatoms. The second kappa shape index (κ2) is 4.37. The Morgan fingerprint density at radius 3 is 2.90 bits per heavy atom. The van der Waals surface area contributed by atoms with E-state index < -0.39 is 5.97 Å². The molecule has 0 saturated carbocycles. The van der Waals surface area contributed by atoms with Gasteiger partial charge in [0, 0.05) is 12.1 Å². The number of amides is 1. The van der Waals surface area contributed by atoms with E-state index in [9.17, 15) is 9.59 Å². The minimum Gasteiger partial charge on any atom is -0.477 e. The number of aromatic amines is 1. The molecule has 1 aliphatic rings. The summed E-state index contributed by atoms with van der Waals surface area (Å²) in [6, 6.07) is 5.31. The third kappa shape index (κ3) is 1.89. The minimum absolute atomic E-state index is 0.0145. The highest BCUT2D eigenvalue weighted by atomic mass is 16.4. The number of carbonyl (C=O) groups excluding carboxylic acids is 1. The Morgan fingerprint density at radius 2 is 2.15 bits per heavy atom. The molecule has 0 bridgehead atoms. The number of aryl methyl sites for hydroxylation is 1. The number of carbonyl (C=O) groups is 2. The summed E-state index contributed by atoms with van der Waals surface area (Å²) in [6.07, 6.45) is 1.04. The van der Waals surface area contributed by atoms with Gasteiger partial charge in [-0.1, -0.05) is 6.07 Å². The van der Waals surface area contributed by atoms with E-state index in [1.54, 1.807) is 12.1 Å². The molecule has 102 valence electrons. The van der Waals surface area contributed by atoms with Gasteiger partial charge >= 0.3 is 5.97 Å². The Morgan fingerprint density at radius 1 is 1.35 bits per heavy atom. The van der Waals surface area contributed by atoms with Crippen molar-refractivity contribution in [2.75, 3.05) is 11.1 Å². The Bertz CT molecular complexity index is 720. The molecule has 2 heterocycles. The number of carboxylic acid groups (broad SMARTS) is 1. The lowest BCUT2D eigenvalue weighted by molar-refractivity contribution is -0.116. The standard InChI is InChI=1S/C13H12N4O3/c14-12-10(11(13(19)20)16-17-12)7-1-3-8-6(5-7)2-4-9(18)15-8/h1,3,5H,2,4H2,(H,15,18)(H,19,20)(H3,14,16,17). The topological polar surface area (TPSA) is 121 Å². The highest BCUT2D eigenvalue weighted by molar-refractivity contribution is 5.98. The van der Waals surface area contributed by atoms with Gasteiger partial charge in [-0.2, -0.15) is 5.10 Å². The summed E-state index contributed by atoms with van der Waals surface area (Å²) in [5, 5.41) is 18.1. The van der Waals surface area contributed by atoms with Crippen molar-refractivity contribution in [3.8, 4) is 11.1 Å². The van der Waals surface area contributed by atoms with E-state index in [0.29, 0.717) is 24.0 Å². The molecule has 0 atom stereocenters. The fourth-order valence-electron chi connectivity index (χ4n) is 2.34. The van der Waals surface area contributed by atoms with Crippen LogP contribution in [0, 0.1) is 0 Å². The lowest BCUT2D eigenvalue weighted by Gasteiger charge is -2.17.